The third-order valence-corrected chi connectivity index (χ3v) is 8.07. The number of aliphatic carboxylic acids is 1. The van der Waals surface area contributed by atoms with Crippen LogP contribution < -0.4 is 66.7 Å². The number of carboxylic acids is 1. The lowest BCUT2D eigenvalue weighted by molar-refractivity contribution is -0.144. The number of primary amides is 1. The number of carbonyl (C=O) groups excluding carboxylic acids is 6. The zero-order chi connectivity index (χ0) is 42.2. The Bertz CT molecular complexity index is 1330. The zero-order valence-electron chi connectivity index (χ0n) is 32.3. The molecule has 0 heterocycles. The van der Waals surface area contributed by atoms with Crippen LogP contribution in [-0.2, 0) is 33.6 Å². The quantitative estimate of drug-likeness (QED) is 0.0203. The summed E-state index contributed by atoms with van der Waals surface area (Å²) in [4.78, 5) is 98.1. The molecular weight excluding hydrogens is 720 g/mol. The highest BCUT2D eigenvalue weighted by atomic mass is 16.4. The molecule has 0 radical (unpaired) electrons. The summed E-state index contributed by atoms with van der Waals surface area (Å²) in [6.07, 6.45) is 1.54. The van der Waals surface area contributed by atoms with Crippen LogP contribution in [-0.4, -0.2) is 114 Å². The molecule has 55 heavy (non-hydrogen) atoms. The van der Waals surface area contributed by atoms with E-state index < -0.39 is 90.0 Å². The number of amides is 6. The monoisotopic (exact) mass is 785 g/mol. The Morgan fingerprint density at radius 3 is 1.51 bits per heavy atom. The molecule has 0 aromatic rings. The predicted molar refractivity (Wildman–Crippen MR) is 206 cm³/mol. The fourth-order valence-electron chi connectivity index (χ4n) is 5.16. The minimum atomic E-state index is -1.64. The number of carboxylic acid groups (broad SMARTS) is 1. The highest BCUT2D eigenvalue weighted by Gasteiger charge is 2.34. The Kier molecular flexibility index (Phi) is 24.0. The van der Waals surface area contributed by atoms with Crippen LogP contribution in [0.2, 0.25) is 0 Å². The third-order valence-electron chi connectivity index (χ3n) is 8.07. The van der Waals surface area contributed by atoms with Crippen molar-refractivity contribution < 1.29 is 38.7 Å². The van der Waals surface area contributed by atoms with E-state index in [-0.39, 0.29) is 63.0 Å². The van der Waals surface area contributed by atoms with Gasteiger partial charge in [0.05, 0.1) is 12.5 Å². The molecule has 0 saturated carbocycles. The molecular formula is C33H64N14O8. The van der Waals surface area contributed by atoms with Crippen LogP contribution in [0.15, 0.2) is 9.98 Å². The van der Waals surface area contributed by atoms with Crippen molar-refractivity contribution in [3.63, 3.8) is 0 Å². The van der Waals surface area contributed by atoms with Crippen LogP contribution in [0.4, 0.5) is 0 Å². The van der Waals surface area contributed by atoms with Crippen molar-refractivity contribution in [3.05, 3.63) is 0 Å². The first-order valence-electron chi connectivity index (χ1n) is 18.3. The third kappa shape index (κ3) is 21.9. The van der Waals surface area contributed by atoms with Gasteiger partial charge in [-0.3, -0.25) is 38.8 Å². The Morgan fingerprint density at radius 1 is 0.582 bits per heavy atom. The lowest BCUT2D eigenvalue weighted by Gasteiger charge is -2.28. The minimum Gasteiger partial charge on any atom is -0.480 e. The molecule has 0 aliphatic rings. The summed E-state index contributed by atoms with van der Waals surface area (Å²) in [6.45, 7) is 7.54. The topological polar surface area (TPSA) is 407 Å². The van der Waals surface area contributed by atoms with E-state index in [1.807, 2.05) is 13.8 Å². The first-order valence-corrected chi connectivity index (χ1v) is 18.3. The Hall–Kier alpha value is -5.25. The number of guanidine groups is 2. The van der Waals surface area contributed by atoms with Crippen molar-refractivity contribution in [3.8, 4) is 0 Å². The fourth-order valence-corrected chi connectivity index (χ4v) is 5.16. The standard InChI is InChI=1S/C33H64N14O8/c1-17(2)15-22(45-27(50)20(10-5-6-12-34)43-26(49)19(35)9-7-13-41-32(37)38)29(52)44-21(11-8-14-42-33(39)40)28(51)47-25(18(3)4)30(53)46-23(31(54)55)16-24(36)48/h17-23,25H,5-16,34-35H2,1-4H3,(H2,36,48)(H,43,49)(H,44,52)(H,45,50)(H,46,53)(H,47,51)(H,54,55)(H4,37,38,41)(H4,39,40,42)/t19-,20-,21-,22-,23-,25-/m0/s1. The van der Waals surface area contributed by atoms with E-state index in [0.717, 1.165) is 0 Å². The molecule has 314 valence electrons. The van der Waals surface area contributed by atoms with Gasteiger partial charge in [0.1, 0.15) is 30.2 Å². The highest BCUT2D eigenvalue weighted by molar-refractivity contribution is 5.96. The van der Waals surface area contributed by atoms with Crippen LogP contribution in [0.25, 0.3) is 0 Å². The van der Waals surface area contributed by atoms with E-state index in [1.165, 1.54) is 0 Å². The maximum Gasteiger partial charge on any atom is 0.326 e. The van der Waals surface area contributed by atoms with Crippen molar-refractivity contribution >= 4 is 53.3 Å². The van der Waals surface area contributed by atoms with Gasteiger partial charge < -0.3 is 71.8 Å². The summed E-state index contributed by atoms with van der Waals surface area (Å²) in [5.41, 5.74) is 38.3. The van der Waals surface area contributed by atoms with Crippen LogP contribution in [0, 0.1) is 11.8 Å². The predicted octanol–water partition coefficient (Wildman–Crippen LogP) is -4.36. The van der Waals surface area contributed by atoms with E-state index in [0.29, 0.717) is 25.8 Å². The molecule has 0 aromatic carbocycles. The second-order valence-electron chi connectivity index (χ2n) is 13.9. The Balaban J connectivity index is 6.25. The van der Waals surface area contributed by atoms with Gasteiger partial charge in [0, 0.05) is 13.1 Å². The lowest BCUT2D eigenvalue weighted by atomic mass is 9.99. The first kappa shape index (κ1) is 49.8. The van der Waals surface area contributed by atoms with Crippen molar-refractivity contribution in [1.82, 2.24) is 26.6 Å². The summed E-state index contributed by atoms with van der Waals surface area (Å²) in [6, 6.07) is -7.42. The number of nitrogens with one attached hydrogen (secondary N) is 5. The molecule has 0 saturated heterocycles. The van der Waals surface area contributed by atoms with Crippen LogP contribution in [0.1, 0.15) is 85.5 Å². The van der Waals surface area contributed by atoms with Gasteiger partial charge >= 0.3 is 5.97 Å². The van der Waals surface area contributed by atoms with Crippen LogP contribution in [0.3, 0.4) is 0 Å². The lowest BCUT2D eigenvalue weighted by Crippen LogP contribution is -2.60. The highest BCUT2D eigenvalue weighted by Crippen LogP contribution is 2.11. The normalized spacial score (nSPS) is 14.3. The Labute approximate surface area is 321 Å². The van der Waals surface area contributed by atoms with Gasteiger partial charge in [-0.25, -0.2) is 4.79 Å². The van der Waals surface area contributed by atoms with Crippen molar-refractivity contribution in [2.24, 2.45) is 62.0 Å². The molecule has 0 bridgehead atoms. The van der Waals surface area contributed by atoms with E-state index in [2.05, 4.69) is 36.6 Å². The maximum absolute atomic E-state index is 13.8. The summed E-state index contributed by atoms with van der Waals surface area (Å²) in [7, 11) is 0. The molecule has 20 N–H and O–H groups in total. The molecule has 0 rings (SSSR count). The summed E-state index contributed by atoms with van der Waals surface area (Å²) in [5, 5.41) is 22.2. The van der Waals surface area contributed by atoms with Crippen molar-refractivity contribution in [2.75, 3.05) is 19.6 Å². The molecule has 0 aromatic heterocycles. The second kappa shape index (κ2) is 26.5. The van der Waals surface area contributed by atoms with Crippen LogP contribution >= 0.6 is 0 Å². The van der Waals surface area contributed by atoms with Gasteiger partial charge in [0.15, 0.2) is 11.9 Å². The Morgan fingerprint density at radius 2 is 1.04 bits per heavy atom. The number of carbonyl (C=O) groups is 7. The minimum absolute atomic E-state index is 0.0125. The van der Waals surface area contributed by atoms with Crippen molar-refractivity contribution in [2.45, 2.75) is 122 Å². The van der Waals surface area contributed by atoms with E-state index in [1.54, 1.807) is 13.8 Å². The maximum atomic E-state index is 13.8. The average molecular weight is 785 g/mol. The van der Waals surface area contributed by atoms with Gasteiger partial charge in [-0.2, -0.15) is 0 Å². The average Bonchev–Trinajstić information content (AvgIpc) is 3.07. The number of nitrogens with zero attached hydrogens (tertiary/aromatic N) is 2. The smallest absolute Gasteiger partial charge is 0.326 e. The molecule has 22 heteroatoms. The number of rotatable bonds is 28. The second-order valence-corrected chi connectivity index (χ2v) is 13.9. The summed E-state index contributed by atoms with van der Waals surface area (Å²) < 4.78 is 0. The van der Waals surface area contributed by atoms with E-state index in [4.69, 9.17) is 40.1 Å². The van der Waals surface area contributed by atoms with Gasteiger partial charge in [0.2, 0.25) is 35.4 Å². The van der Waals surface area contributed by atoms with Crippen molar-refractivity contribution in [1.29, 1.82) is 0 Å². The molecule has 0 unspecified atom stereocenters. The SMILES string of the molecule is CC(C)C[C@H](NC(=O)[C@H](CCCCN)NC(=O)[C@@H](N)CCCN=C(N)N)C(=O)N[C@@H](CCCN=C(N)N)C(=O)N[C@H](C(=O)N[C@@H](CC(N)=O)C(=O)O)C(C)C. The van der Waals surface area contributed by atoms with E-state index >= 15 is 0 Å². The number of hydrogen-bond acceptors (Lipinski definition) is 11. The molecule has 0 spiro atoms. The summed E-state index contributed by atoms with van der Waals surface area (Å²) in [5.74, 6) is -7.13. The zero-order valence-corrected chi connectivity index (χ0v) is 32.3. The number of aliphatic imine (C=N–C) groups is 2. The van der Waals surface area contributed by atoms with E-state index in [9.17, 15) is 38.7 Å². The number of nitrogens with two attached hydrogens (primary N) is 7. The first-order chi connectivity index (χ1) is 25.7. The van der Waals surface area contributed by atoms with Gasteiger partial charge in [-0.05, 0) is 69.7 Å². The van der Waals surface area contributed by atoms with Gasteiger partial charge in [-0.15, -0.1) is 0 Å². The summed E-state index contributed by atoms with van der Waals surface area (Å²) >= 11 is 0. The molecule has 0 fully saturated rings. The molecule has 0 aliphatic carbocycles. The number of unbranched alkanes of at least 4 members (excludes halogenated alkanes) is 1. The van der Waals surface area contributed by atoms with Crippen LogP contribution in [0.5, 0.6) is 0 Å². The number of hydrogen-bond donors (Lipinski definition) is 13. The fraction of sp³-hybridized carbons (Fsp3) is 0.727. The molecule has 22 nitrogen and oxygen atoms in total. The largest absolute Gasteiger partial charge is 0.480 e. The molecule has 0 aliphatic heterocycles. The molecule has 6 atom stereocenters. The molecule has 6 amide bonds. The van der Waals surface area contributed by atoms with Gasteiger partial charge in [-0.1, -0.05) is 27.7 Å². The van der Waals surface area contributed by atoms with Gasteiger partial charge in [0.25, 0.3) is 0 Å².